The Kier molecular flexibility index (Phi) is 19.9. The molecular weight excluding hydrogens is 259 g/mol. The predicted octanol–water partition coefficient (Wildman–Crippen LogP) is -1.40. The Morgan fingerprint density at radius 1 is 1.42 bits per heavy atom. The van der Waals surface area contributed by atoms with Gasteiger partial charge in [0.2, 0.25) is 5.88 Å². The fourth-order valence-electron chi connectivity index (χ4n) is 0.377. The van der Waals surface area contributed by atoms with Gasteiger partial charge in [-0.2, -0.15) is 4.37 Å². The topological polar surface area (TPSA) is 70.4 Å². The minimum atomic E-state index is -1.15. The van der Waals surface area contributed by atoms with Crippen molar-refractivity contribution in [1.29, 1.82) is 0 Å². The third kappa shape index (κ3) is 7.14. The molecule has 54 valence electrons. The monoisotopic (exact) mass is 265 g/mol. The number of carbonyl (C=O) groups is 1. The Labute approximate surface area is 201 Å². The number of aromatic carboxylic acids is 1. The summed E-state index contributed by atoms with van der Waals surface area (Å²) in [5.41, 5.74) is -0.139. The quantitative estimate of drug-likeness (QED) is 0.613. The van der Waals surface area contributed by atoms with E-state index in [9.17, 15) is 4.79 Å². The van der Waals surface area contributed by atoms with E-state index in [0.717, 1.165) is 11.5 Å². The van der Waals surface area contributed by atoms with E-state index in [1.54, 1.807) is 0 Å². The van der Waals surface area contributed by atoms with Gasteiger partial charge in [-0.05, 0) is 11.5 Å². The Morgan fingerprint density at radius 3 is 2.08 bits per heavy atom. The van der Waals surface area contributed by atoms with Crippen LogP contribution < -0.4 is 0 Å². The maximum atomic E-state index is 10.1. The second-order valence-electron chi connectivity index (χ2n) is 1.36. The fraction of sp³-hybridized carbons (Fsp3) is 0. The molecule has 0 spiro atoms. The molecule has 0 radical (unpaired) electrons. The van der Waals surface area contributed by atoms with Gasteiger partial charge in [-0.25, -0.2) is 4.79 Å². The minimum absolute atomic E-state index is 0. The van der Waals surface area contributed by atoms with Crippen LogP contribution in [0.25, 0.3) is 0 Å². The molecule has 0 saturated carbocycles. The molecule has 8 heteroatoms. The summed E-state index contributed by atoms with van der Waals surface area (Å²) in [5, 5.41) is 18.2. The average molecular weight is 265 g/mol. The van der Waals surface area contributed by atoms with Gasteiger partial charge in [0.1, 0.15) is 5.56 Å². The number of carboxylic acids is 1. The average Bonchev–Trinajstić information content (AvgIpc) is 2.13. The zero-order valence-electron chi connectivity index (χ0n) is 4.24. The third-order valence-corrected chi connectivity index (χ3v) is 1.40. The van der Waals surface area contributed by atoms with Crippen LogP contribution in [0.5, 0.6) is 5.88 Å². The van der Waals surface area contributed by atoms with Gasteiger partial charge in [0.05, 0.1) is 0 Å². The maximum absolute atomic E-state index is 10.1. The molecule has 1 heterocycles. The molecule has 0 saturated heterocycles. The van der Waals surface area contributed by atoms with E-state index in [0.29, 0.717) is 0 Å². The zero-order chi connectivity index (χ0) is 6.85. The number of rotatable bonds is 1. The summed E-state index contributed by atoms with van der Waals surface area (Å²) in [6.45, 7) is 0. The van der Waals surface area contributed by atoms with Gasteiger partial charge >= 0.3 is 160 Å². The van der Waals surface area contributed by atoms with E-state index in [4.69, 9.17) is 10.2 Å². The van der Waals surface area contributed by atoms with Crippen LogP contribution in [0.3, 0.4) is 0 Å². The Balaban J connectivity index is -0.000000270. The Morgan fingerprint density at radius 2 is 1.92 bits per heavy atom. The summed E-state index contributed by atoms with van der Waals surface area (Å²) in [5.74, 6) is -1.56. The molecule has 12 heavy (non-hydrogen) atoms. The van der Waals surface area contributed by atoms with Crippen LogP contribution >= 0.6 is 11.5 Å². The molecule has 1 aromatic rings. The van der Waals surface area contributed by atoms with E-state index in [-0.39, 0.29) is 160 Å². The fourth-order valence-corrected chi connectivity index (χ4v) is 0.939. The zero-order valence-corrected chi connectivity index (χ0v) is 5.05. The van der Waals surface area contributed by atoms with Gasteiger partial charge in [-0.15, -0.1) is 0 Å². The van der Waals surface area contributed by atoms with E-state index in [1.165, 1.54) is 5.38 Å². The van der Waals surface area contributed by atoms with Crippen LogP contribution in [-0.2, 0) is 0 Å². The van der Waals surface area contributed by atoms with Gasteiger partial charge in [-0.3, -0.25) is 0 Å². The molecule has 1 rings (SSSR count). The number of aromatic nitrogens is 1. The normalized spacial score (nSPS) is 7.00. The van der Waals surface area contributed by atoms with Crippen LogP contribution in [0.4, 0.5) is 0 Å². The number of carboxylic acid groups (broad SMARTS) is 1. The number of hydrogen-bond acceptors (Lipinski definition) is 4. The first-order valence-electron chi connectivity index (χ1n) is 2.08. The standard InChI is InChI=1S/C4H3NO3S.3K.3H/c6-3-2(4(7)8)1-9-5-3;;;;;;/h1H,(H,5,6)(H,7,8);;;;;;. The molecule has 0 aliphatic heterocycles. The summed E-state index contributed by atoms with van der Waals surface area (Å²) in [4.78, 5) is 10.1. The summed E-state index contributed by atoms with van der Waals surface area (Å²) in [6.07, 6.45) is 0. The summed E-state index contributed by atoms with van der Waals surface area (Å²) in [6, 6.07) is 0. The van der Waals surface area contributed by atoms with Crippen LogP contribution in [-0.4, -0.2) is 175 Å². The second-order valence-corrected chi connectivity index (χ2v) is 1.99. The molecule has 0 fully saturated rings. The molecule has 4 nitrogen and oxygen atoms in total. The molecule has 0 atom stereocenters. The Hall–Kier alpha value is 3.81. The van der Waals surface area contributed by atoms with E-state index in [2.05, 4.69) is 4.37 Å². The van der Waals surface area contributed by atoms with Crippen molar-refractivity contribution in [3.8, 4) is 5.88 Å². The van der Waals surface area contributed by atoms with Crippen LogP contribution in [0, 0.1) is 0 Å². The number of aromatic hydroxyl groups is 1. The van der Waals surface area contributed by atoms with Crippen molar-refractivity contribution in [3.63, 3.8) is 0 Å². The van der Waals surface area contributed by atoms with Gasteiger partial charge in [-0.1, -0.05) is 0 Å². The first-order chi connectivity index (χ1) is 4.22. The van der Waals surface area contributed by atoms with E-state index >= 15 is 0 Å². The first-order valence-corrected chi connectivity index (χ1v) is 2.92. The number of hydrogen-bond donors (Lipinski definition) is 2. The van der Waals surface area contributed by atoms with Crippen molar-refractivity contribution in [2.24, 2.45) is 0 Å². The SMILES string of the molecule is O=C(O)c1csnc1O.[KH].[KH].[KH]. The molecule has 0 unspecified atom stereocenters. The molecular formula is C4H6K3NO3S. The van der Waals surface area contributed by atoms with Crippen LogP contribution in [0.1, 0.15) is 10.4 Å². The summed E-state index contributed by atoms with van der Waals surface area (Å²) in [7, 11) is 0. The third-order valence-electron chi connectivity index (χ3n) is 0.781. The molecule has 0 amide bonds. The van der Waals surface area contributed by atoms with E-state index in [1.807, 2.05) is 0 Å². The number of nitrogens with zero attached hydrogens (tertiary/aromatic N) is 1. The first kappa shape index (κ1) is 21.1. The summed E-state index contributed by atoms with van der Waals surface area (Å²) < 4.78 is 3.35. The van der Waals surface area contributed by atoms with Crippen molar-refractivity contribution in [3.05, 3.63) is 10.9 Å². The molecule has 0 aliphatic carbocycles. The van der Waals surface area contributed by atoms with Crippen molar-refractivity contribution in [1.82, 2.24) is 4.37 Å². The van der Waals surface area contributed by atoms with Crippen molar-refractivity contribution >= 4 is 172 Å². The van der Waals surface area contributed by atoms with Gasteiger partial charge in [0.15, 0.2) is 0 Å². The molecule has 2 N–H and O–H groups in total. The van der Waals surface area contributed by atoms with Crippen molar-refractivity contribution in [2.45, 2.75) is 0 Å². The molecule has 1 aromatic heterocycles. The second kappa shape index (κ2) is 11.3. The van der Waals surface area contributed by atoms with Crippen LogP contribution in [0.2, 0.25) is 0 Å². The van der Waals surface area contributed by atoms with Gasteiger partial charge in [0, 0.05) is 5.38 Å². The molecule has 0 aromatic carbocycles. The predicted molar refractivity (Wildman–Crippen MR) is 52.2 cm³/mol. The Bertz CT molecular complexity index is 241. The van der Waals surface area contributed by atoms with Crippen LogP contribution in [0.15, 0.2) is 5.38 Å². The molecule has 0 bridgehead atoms. The van der Waals surface area contributed by atoms with Gasteiger partial charge in [0.25, 0.3) is 0 Å². The van der Waals surface area contributed by atoms with E-state index < -0.39 is 11.8 Å². The van der Waals surface area contributed by atoms with Crippen molar-refractivity contribution in [2.75, 3.05) is 0 Å². The summed E-state index contributed by atoms with van der Waals surface area (Å²) >= 11 is 0.914. The van der Waals surface area contributed by atoms with Gasteiger partial charge < -0.3 is 10.2 Å². The van der Waals surface area contributed by atoms with Crippen molar-refractivity contribution < 1.29 is 15.0 Å². The molecule has 0 aliphatic rings.